The second-order valence-corrected chi connectivity index (χ2v) is 10.8. The SMILES string of the molecule is CCCCCC[n+]1ccc(-c2cc[n+](CCC[n+]3ccc(-c4cc[n+](CCCCCC)cc4)cc3)cc2)cc1.[I-].[I-].[I-].[I-]. The third-order valence-corrected chi connectivity index (χ3v) is 7.60. The molecule has 43 heavy (non-hydrogen) atoms. The molecule has 0 radical (unpaired) electrons. The number of hydrogen-bond donors (Lipinski definition) is 0. The first-order valence-corrected chi connectivity index (χ1v) is 15.2. The van der Waals surface area contributed by atoms with Gasteiger partial charge in [0.1, 0.15) is 13.1 Å². The zero-order valence-corrected chi connectivity index (χ0v) is 34.4. The van der Waals surface area contributed by atoms with Gasteiger partial charge in [-0.25, -0.2) is 18.3 Å². The van der Waals surface area contributed by atoms with Crippen LogP contribution in [0.4, 0.5) is 0 Å². The van der Waals surface area contributed by atoms with Crippen LogP contribution in [0, 0.1) is 0 Å². The molecule has 4 heterocycles. The molecule has 0 aromatic carbocycles. The van der Waals surface area contributed by atoms with Gasteiger partial charge in [0.05, 0.1) is 6.42 Å². The molecular formula is C35H48I4N4. The van der Waals surface area contributed by atoms with Crippen molar-refractivity contribution < 1.29 is 114 Å². The quantitative estimate of drug-likeness (QED) is 0.0606. The van der Waals surface area contributed by atoms with Gasteiger partial charge in [-0.2, -0.15) is 0 Å². The maximum atomic E-state index is 2.30. The van der Waals surface area contributed by atoms with E-state index in [9.17, 15) is 0 Å². The first-order chi connectivity index (χ1) is 19.2. The Labute approximate surface area is 328 Å². The van der Waals surface area contributed by atoms with Crippen molar-refractivity contribution in [2.24, 2.45) is 0 Å². The molecular weight excluding hydrogens is 984 g/mol. The lowest BCUT2D eigenvalue weighted by Crippen LogP contribution is -3.00. The van der Waals surface area contributed by atoms with Crippen LogP contribution in [0.1, 0.15) is 71.6 Å². The molecule has 0 saturated heterocycles. The van der Waals surface area contributed by atoms with Crippen molar-refractivity contribution in [1.82, 2.24) is 0 Å². The molecule has 0 N–H and O–H groups in total. The topological polar surface area (TPSA) is 15.5 Å². The lowest BCUT2D eigenvalue weighted by molar-refractivity contribution is -0.726. The van der Waals surface area contributed by atoms with E-state index in [4.69, 9.17) is 0 Å². The first-order valence-electron chi connectivity index (χ1n) is 15.2. The minimum absolute atomic E-state index is 0. The summed E-state index contributed by atoms with van der Waals surface area (Å²) in [6.07, 6.45) is 29.2. The van der Waals surface area contributed by atoms with Gasteiger partial charge in [-0.1, -0.05) is 39.5 Å². The van der Waals surface area contributed by atoms with E-state index in [2.05, 4.69) is 130 Å². The van der Waals surface area contributed by atoms with Gasteiger partial charge in [-0.15, -0.1) is 0 Å². The van der Waals surface area contributed by atoms with Gasteiger partial charge in [0, 0.05) is 61.4 Å². The number of halogens is 4. The van der Waals surface area contributed by atoms with Gasteiger partial charge in [-0.3, -0.25) is 0 Å². The van der Waals surface area contributed by atoms with Crippen LogP contribution in [0.5, 0.6) is 0 Å². The van der Waals surface area contributed by atoms with Crippen molar-refractivity contribution in [3.63, 3.8) is 0 Å². The fourth-order valence-electron chi connectivity index (χ4n) is 5.07. The highest BCUT2D eigenvalue weighted by Crippen LogP contribution is 2.17. The molecule has 0 aliphatic heterocycles. The predicted octanol–water partition coefficient (Wildman–Crippen LogP) is -5.56. The monoisotopic (exact) mass is 1030 g/mol. The molecule has 8 heteroatoms. The Balaban J connectivity index is 0.00000441. The number of aryl methyl sites for hydroxylation is 4. The first kappa shape index (κ1) is 42.5. The van der Waals surface area contributed by atoms with Gasteiger partial charge in [0.25, 0.3) is 0 Å². The minimum atomic E-state index is 0. The van der Waals surface area contributed by atoms with Crippen molar-refractivity contribution in [2.45, 2.75) is 97.8 Å². The van der Waals surface area contributed by atoms with E-state index in [1.807, 2.05) is 0 Å². The Morgan fingerprint density at radius 2 is 0.558 bits per heavy atom. The molecule has 4 aromatic rings. The van der Waals surface area contributed by atoms with Gasteiger partial charge in [-0.05, 0) is 35.1 Å². The molecule has 0 amide bonds. The van der Waals surface area contributed by atoms with Crippen molar-refractivity contribution in [3.8, 4) is 22.3 Å². The highest BCUT2D eigenvalue weighted by atomic mass is 127. The molecule has 0 bridgehead atoms. The predicted molar refractivity (Wildman–Crippen MR) is 157 cm³/mol. The highest BCUT2D eigenvalue weighted by molar-refractivity contribution is 5.61. The molecule has 0 unspecified atom stereocenters. The summed E-state index contributed by atoms with van der Waals surface area (Å²) in [5.74, 6) is 0. The van der Waals surface area contributed by atoms with Crippen LogP contribution < -0.4 is 114 Å². The van der Waals surface area contributed by atoms with Crippen molar-refractivity contribution in [3.05, 3.63) is 98.1 Å². The normalized spacial score (nSPS) is 10.1. The average molecular weight is 1030 g/mol. The van der Waals surface area contributed by atoms with Gasteiger partial charge < -0.3 is 95.9 Å². The molecule has 0 spiro atoms. The zero-order valence-electron chi connectivity index (χ0n) is 25.7. The maximum Gasteiger partial charge on any atom is 0.169 e. The van der Waals surface area contributed by atoms with E-state index < -0.39 is 0 Å². The molecule has 236 valence electrons. The lowest BCUT2D eigenvalue weighted by Gasteiger charge is -2.03. The Bertz CT molecular complexity index is 1130. The number of rotatable bonds is 16. The van der Waals surface area contributed by atoms with E-state index in [1.165, 1.54) is 73.6 Å². The van der Waals surface area contributed by atoms with Crippen molar-refractivity contribution >= 4 is 0 Å². The van der Waals surface area contributed by atoms with E-state index in [1.54, 1.807) is 0 Å². The fraction of sp³-hybridized carbons (Fsp3) is 0.429. The summed E-state index contributed by atoms with van der Waals surface area (Å²) in [6.45, 7) is 8.77. The van der Waals surface area contributed by atoms with Crippen LogP contribution >= 0.6 is 0 Å². The standard InChI is InChI=1S/C35H48N4.4HI/c1-3-5-7-9-20-36-24-12-32(13-25-36)34-16-28-38(29-17-34)22-11-23-39-30-18-35(19-31-39)33-14-26-37(27-15-33)21-10-8-6-4-2;;;;/h12-19,24-31H,3-11,20-23H2,1-2H3;4*1H/q+4;;;;/p-4. The summed E-state index contributed by atoms with van der Waals surface area (Å²) in [5, 5.41) is 0. The Morgan fingerprint density at radius 1 is 0.326 bits per heavy atom. The zero-order chi connectivity index (χ0) is 27.1. The van der Waals surface area contributed by atoms with Crippen LogP contribution in [-0.4, -0.2) is 0 Å². The van der Waals surface area contributed by atoms with Crippen LogP contribution in [-0.2, 0) is 26.2 Å². The number of aromatic nitrogens is 4. The van der Waals surface area contributed by atoms with E-state index in [0.717, 1.165) is 32.6 Å². The lowest BCUT2D eigenvalue weighted by atomic mass is 10.1. The molecule has 4 aromatic heterocycles. The molecule has 4 nitrogen and oxygen atoms in total. The Hall–Kier alpha value is -0.480. The minimum Gasteiger partial charge on any atom is -1.00 e. The molecule has 0 atom stereocenters. The summed E-state index contributed by atoms with van der Waals surface area (Å²) in [7, 11) is 0. The molecule has 4 rings (SSSR count). The molecule has 0 aliphatic rings. The third kappa shape index (κ3) is 15.1. The second-order valence-electron chi connectivity index (χ2n) is 10.8. The van der Waals surface area contributed by atoms with E-state index in [0.29, 0.717) is 0 Å². The van der Waals surface area contributed by atoms with Crippen molar-refractivity contribution in [2.75, 3.05) is 0 Å². The largest absolute Gasteiger partial charge is 1.00 e. The van der Waals surface area contributed by atoms with E-state index >= 15 is 0 Å². The summed E-state index contributed by atoms with van der Waals surface area (Å²) in [5.41, 5.74) is 5.11. The summed E-state index contributed by atoms with van der Waals surface area (Å²) in [4.78, 5) is 0. The van der Waals surface area contributed by atoms with Gasteiger partial charge in [0.15, 0.2) is 62.7 Å². The van der Waals surface area contributed by atoms with Crippen LogP contribution in [0.3, 0.4) is 0 Å². The Kier molecular flexibility index (Phi) is 24.4. The van der Waals surface area contributed by atoms with Gasteiger partial charge in [0.2, 0.25) is 0 Å². The molecule has 0 saturated carbocycles. The van der Waals surface area contributed by atoms with E-state index in [-0.39, 0.29) is 95.9 Å². The second kappa shape index (κ2) is 24.7. The summed E-state index contributed by atoms with van der Waals surface area (Å²) >= 11 is 0. The van der Waals surface area contributed by atoms with Crippen LogP contribution in [0.15, 0.2) is 98.1 Å². The maximum absolute atomic E-state index is 2.30. The highest BCUT2D eigenvalue weighted by Gasteiger charge is 2.09. The fourth-order valence-corrected chi connectivity index (χ4v) is 5.07. The molecule has 0 fully saturated rings. The average Bonchev–Trinajstić information content (AvgIpc) is 2.99. The van der Waals surface area contributed by atoms with Crippen LogP contribution in [0.2, 0.25) is 0 Å². The third-order valence-electron chi connectivity index (χ3n) is 7.60. The number of hydrogen-bond acceptors (Lipinski definition) is 0. The number of pyridine rings is 4. The smallest absolute Gasteiger partial charge is 0.169 e. The summed E-state index contributed by atoms with van der Waals surface area (Å²) in [6, 6.07) is 17.9. The van der Waals surface area contributed by atoms with Crippen molar-refractivity contribution in [1.29, 1.82) is 0 Å². The Morgan fingerprint density at radius 3 is 0.791 bits per heavy atom. The summed E-state index contributed by atoms with van der Waals surface area (Å²) < 4.78 is 9.18. The van der Waals surface area contributed by atoms with Gasteiger partial charge >= 0.3 is 0 Å². The van der Waals surface area contributed by atoms with Crippen LogP contribution in [0.25, 0.3) is 22.3 Å². The number of nitrogens with zero attached hydrogens (tertiary/aromatic N) is 4. The number of unbranched alkanes of at least 4 members (excludes halogenated alkanes) is 6. The molecule has 0 aliphatic carbocycles.